The van der Waals surface area contributed by atoms with Gasteiger partial charge in [0.1, 0.15) is 18.0 Å². The third-order valence-corrected chi connectivity index (χ3v) is 3.40. The number of hydrogen-bond donors (Lipinski definition) is 2. The van der Waals surface area contributed by atoms with Crippen LogP contribution in [0.1, 0.15) is 30.9 Å². The second-order valence-electron chi connectivity index (χ2n) is 5.14. The lowest BCUT2D eigenvalue weighted by Crippen LogP contribution is -2.10. The summed E-state index contributed by atoms with van der Waals surface area (Å²) in [5.41, 5.74) is 2.47. The van der Waals surface area contributed by atoms with Gasteiger partial charge in [-0.05, 0) is 31.7 Å². The molecule has 2 N–H and O–H groups in total. The molecule has 0 unspecified atom stereocenters. The van der Waals surface area contributed by atoms with Crippen molar-refractivity contribution in [1.29, 1.82) is 0 Å². The van der Waals surface area contributed by atoms with Crippen molar-refractivity contribution in [2.45, 2.75) is 33.1 Å². The fourth-order valence-electron chi connectivity index (χ4n) is 2.19. The lowest BCUT2D eigenvalue weighted by atomic mass is 10.1. The summed E-state index contributed by atoms with van der Waals surface area (Å²) in [7, 11) is 0. The van der Waals surface area contributed by atoms with Gasteiger partial charge in [0.15, 0.2) is 0 Å². The Morgan fingerprint density at radius 1 is 0.952 bits per heavy atom. The smallest absolute Gasteiger partial charge is 0.134 e. The van der Waals surface area contributed by atoms with Crippen molar-refractivity contribution in [3.8, 4) is 0 Å². The molecule has 0 saturated heterocycles. The molecule has 0 aliphatic rings. The number of anilines is 2. The molecule has 0 fully saturated rings. The maximum Gasteiger partial charge on any atom is 0.134 e. The molecular weight excluding hydrogens is 260 g/mol. The van der Waals surface area contributed by atoms with Gasteiger partial charge in [0.2, 0.25) is 0 Å². The van der Waals surface area contributed by atoms with Crippen LogP contribution in [-0.2, 0) is 6.42 Å². The number of rotatable bonds is 8. The van der Waals surface area contributed by atoms with Crippen LogP contribution in [0.25, 0.3) is 0 Å². The second-order valence-corrected chi connectivity index (χ2v) is 5.14. The van der Waals surface area contributed by atoms with Gasteiger partial charge in [-0.2, -0.15) is 0 Å². The van der Waals surface area contributed by atoms with E-state index in [2.05, 4.69) is 64.8 Å². The summed E-state index contributed by atoms with van der Waals surface area (Å²) in [4.78, 5) is 8.62. The van der Waals surface area contributed by atoms with E-state index in [1.807, 2.05) is 0 Å². The van der Waals surface area contributed by atoms with E-state index >= 15 is 0 Å². The Balaban J connectivity index is 1.83. The number of aromatic nitrogens is 2. The largest absolute Gasteiger partial charge is 0.370 e. The first-order valence-corrected chi connectivity index (χ1v) is 7.64. The number of nitrogens with one attached hydrogen (secondary N) is 2. The first-order chi connectivity index (χ1) is 10.3. The SMILES string of the molecule is CCCNc1ncnc(NCCCc2ccccc2)c1C. The summed E-state index contributed by atoms with van der Waals surface area (Å²) >= 11 is 0. The zero-order chi connectivity index (χ0) is 14.9. The van der Waals surface area contributed by atoms with E-state index in [1.54, 1.807) is 6.33 Å². The third kappa shape index (κ3) is 4.74. The molecule has 0 spiro atoms. The van der Waals surface area contributed by atoms with Crippen LogP contribution in [0, 0.1) is 6.92 Å². The highest BCUT2D eigenvalue weighted by Gasteiger charge is 2.05. The highest BCUT2D eigenvalue weighted by atomic mass is 15.1. The topological polar surface area (TPSA) is 49.8 Å². The minimum Gasteiger partial charge on any atom is -0.370 e. The van der Waals surface area contributed by atoms with Gasteiger partial charge < -0.3 is 10.6 Å². The Bertz CT molecular complexity index is 540. The molecule has 2 aromatic rings. The maximum absolute atomic E-state index is 4.33. The molecule has 0 amide bonds. The van der Waals surface area contributed by atoms with Crippen LogP contribution in [0.4, 0.5) is 11.6 Å². The molecule has 1 heterocycles. The molecule has 4 heteroatoms. The number of benzene rings is 1. The van der Waals surface area contributed by atoms with Crippen LogP contribution in [0.3, 0.4) is 0 Å². The predicted octanol–water partition coefficient (Wildman–Crippen LogP) is 3.65. The monoisotopic (exact) mass is 284 g/mol. The van der Waals surface area contributed by atoms with Crippen molar-refractivity contribution in [3.05, 3.63) is 47.8 Å². The van der Waals surface area contributed by atoms with Crippen LogP contribution >= 0.6 is 0 Å². The zero-order valence-corrected chi connectivity index (χ0v) is 12.9. The highest BCUT2D eigenvalue weighted by Crippen LogP contribution is 2.18. The van der Waals surface area contributed by atoms with Crippen molar-refractivity contribution in [2.75, 3.05) is 23.7 Å². The van der Waals surface area contributed by atoms with Crippen LogP contribution in [0.15, 0.2) is 36.7 Å². The summed E-state index contributed by atoms with van der Waals surface area (Å²) in [6.07, 6.45) is 4.87. The van der Waals surface area contributed by atoms with Gasteiger partial charge in [-0.3, -0.25) is 0 Å². The molecule has 1 aromatic carbocycles. The summed E-state index contributed by atoms with van der Waals surface area (Å²) in [5, 5.41) is 6.74. The second kappa shape index (κ2) is 8.25. The van der Waals surface area contributed by atoms with Gasteiger partial charge in [-0.1, -0.05) is 37.3 Å². The van der Waals surface area contributed by atoms with Gasteiger partial charge in [-0.15, -0.1) is 0 Å². The van der Waals surface area contributed by atoms with E-state index in [1.165, 1.54) is 5.56 Å². The Kier molecular flexibility index (Phi) is 6.00. The summed E-state index contributed by atoms with van der Waals surface area (Å²) in [6.45, 7) is 6.05. The average Bonchev–Trinajstić information content (AvgIpc) is 2.53. The van der Waals surface area contributed by atoms with Crippen molar-refractivity contribution >= 4 is 11.6 Å². The first-order valence-electron chi connectivity index (χ1n) is 7.64. The molecular formula is C17H24N4. The average molecular weight is 284 g/mol. The van der Waals surface area contributed by atoms with E-state index in [4.69, 9.17) is 0 Å². The normalized spacial score (nSPS) is 10.4. The molecule has 0 radical (unpaired) electrons. The van der Waals surface area contributed by atoms with Crippen molar-refractivity contribution in [2.24, 2.45) is 0 Å². The summed E-state index contributed by atoms with van der Waals surface area (Å²) in [5.74, 6) is 1.86. The Morgan fingerprint density at radius 2 is 1.62 bits per heavy atom. The lowest BCUT2D eigenvalue weighted by molar-refractivity contribution is 0.856. The molecule has 4 nitrogen and oxygen atoms in total. The van der Waals surface area contributed by atoms with Gasteiger partial charge in [0.05, 0.1) is 0 Å². The molecule has 0 bridgehead atoms. The maximum atomic E-state index is 4.33. The molecule has 0 atom stereocenters. The highest BCUT2D eigenvalue weighted by molar-refractivity contribution is 5.56. The van der Waals surface area contributed by atoms with Gasteiger partial charge in [-0.25, -0.2) is 9.97 Å². The molecule has 1 aromatic heterocycles. The third-order valence-electron chi connectivity index (χ3n) is 3.40. The Hall–Kier alpha value is -2.10. The van der Waals surface area contributed by atoms with Crippen molar-refractivity contribution < 1.29 is 0 Å². The zero-order valence-electron chi connectivity index (χ0n) is 12.9. The standard InChI is InChI=1S/C17H24N4/c1-3-11-18-16-14(2)17(21-13-20-16)19-12-7-10-15-8-5-4-6-9-15/h4-6,8-9,13H,3,7,10-12H2,1-2H3,(H2,18,19,20,21). The Morgan fingerprint density at radius 3 is 2.29 bits per heavy atom. The van der Waals surface area contributed by atoms with Gasteiger partial charge in [0, 0.05) is 18.7 Å². The van der Waals surface area contributed by atoms with Crippen molar-refractivity contribution in [3.63, 3.8) is 0 Å². The van der Waals surface area contributed by atoms with Crippen LogP contribution in [0.5, 0.6) is 0 Å². The molecule has 0 saturated carbocycles. The fraction of sp³-hybridized carbons (Fsp3) is 0.412. The lowest BCUT2D eigenvalue weighted by Gasteiger charge is -2.12. The summed E-state index contributed by atoms with van der Waals surface area (Å²) in [6, 6.07) is 10.6. The minimum absolute atomic E-state index is 0.917. The number of hydrogen-bond acceptors (Lipinski definition) is 4. The quantitative estimate of drug-likeness (QED) is 0.726. The molecule has 112 valence electrons. The minimum atomic E-state index is 0.917. The van der Waals surface area contributed by atoms with E-state index in [0.29, 0.717) is 0 Å². The summed E-state index contributed by atoms with van der Waals surface area (Å²) < 4.78 is 0. The van der Waals surface area contributed by atoms with Gasteiger partial charge in [0.25, 0.3) is 0 Å². The van der Waals surface area contributed by atoms with Crippen LogP contribution < -0.4 is 10.6 Å². The molecule has 0 aliphatic carbocycles. The number of nitrogens with zero attached hydrogens (tertiary/aromatic N) is 2. The van der Waals surface area contributed by atoms with Crippen molar-refractivity contribution in [1.82, 2.24) is 9.97 Å². The van der Waals surface area contributed by atoms with Crippen LogP contribution in [-0.4, -0.2) is 23.1 Å². The van der Waals surface area contributed by atoms with E-state index in [-0.39, 0.29) is 0 Å². The van der Waals surface area contributed by atoms with Gasteiger partial charge >= 0.3 is 0 Å². The van der Waals surface area contributed by atoms with E-state index in [9.17, 15) is 0 Å². The first kappa shape index (κ1) is 15.3. The number of aryl methyl sites for hydroxylation is 1. The Labute approximate surface area is 127 Å². The molecule has 2 rings (SSSR count). The molecule has 21 heavy (non-hydrogen) atoms. The van der Waals surface area contributed by atoms with E-state index in [0.717, 1.165) is 49.6 Å². The molecule has 0 aliphatic heterocycles. The fourth-order valence-corrected chi connectivity index (χ4v) is 2.19. The predicted molar refractivity (Wildman–Crippen MR) is 88.8 cm³/mol. The van der Waals surface area contributed by atoms with E-state index < -0.39 is 0 Å². The van der Waals surface area contributed by atoms with Crippen LogP contribution in [0.2, 0.25) is 0 Å².